The third kappa shape index (κ3) is 4.24. The van der Waals surface area contributed by atoms with E-state index in [0.29, 0.717) is 12.1 Å². The van der Waals surface area contributed by atoms with Crippen LogP contribution in [0.1, 0.15) is 22.8 Å². The van der Waals surface area contributed by atoms with Gasteiger partial charge in [0.1, 0.15) is 0 Å². The molecule has 0 fully saturated rings. The van der Waals surface area contributed by atoms with Gasteiger partial charge in [-0.15, -0.1) is 0 Å². The topological polar surface area (TPSA) is 46.2 Å². The highest BCUT2D eigenvalue weighted by Gasteiger charge is 2.10. The second-order valence-electron chi connectivity index (χ2n) is 3.98. The van der Waals surface area contributed by atoms with Crippen molar-refractivity contribution in [3.63, 3.8) is 0 Å². The minimum atomic E-state index is -0.915. The highest BCUT2D eigenvalue weighted by atomic mass is 79.9. The molecule has 0 aromatic heterocycles. The molecule has 94 valence electrons. The number of benzene rings is 1. The Bertz CT molecular complexity index is 448. The molecule has 1 aromatic rings. The standard InChI is InChI=1S/C12H16BrNO2S/c1-8-4-5-10(6-11(8)13)12(15)14-7-9(2)17(3)16/h4-6,9H,7H2,1-3H3,(H,14,15). The van der Waals surface area contributed by atoms with Gasteiger partial charge in [0.2, 0.25) is 0 Å². The number of halogens is 1. The summed E-state index contributed by atoms with van der Waals surface area (Å²) in [5.74, 6) is -0.136. The largest absolute Gasteiger partial charge is 0.351 e. The quantitative estimate of drug-likeness (QED) is 0.925. The smallest absolute Gasteiger partial charge is 0.251 e. The summed E-state index contributed by atoms with van der Waals surface area (Å²) < 4.78 is 12.1. The summed E-state index contributed by atoms with van der Waals surface area (Å²) in [6.45, 7) is 4.24. The first-order chi connectivity index (χ1) is 7.91. The maximum Gasteiger partial charge on any atom is 0.251 e. The van der Waals surface area contributed by atoms with Gasteiger partial charge < -0.3 is 5.32 Å². The van der Waals surface area contributed by atoms with Crippen molar-refractivity contribution in [2.45, 2.75) is 19.1 Å². The summed E-state index contributed by atoms with van der Waals surface area (Å²) in [5.41, 5.74) is 1.70. The molecule has 1 N–H and O–H groups in total. The van der Waals surface area contributed by atoms with Gasteiger partial charge in [0, 0.05) is 38.9 Å². The molecule has 2 unspecified atom stereocenters. The molecule has 2 atom stereocenters. The van der Waals surface area contributed by atoms with E-state index in [1.165, 1.54) is 0 Å². The van der Waals surface area contributed by atoms with Crippen molar-refractivity contribution in [2.24, 2.45) is 0 Å². The van der Waals surface area contributed by atoms with E-state index in [1.807, 2.05) is 19.9 Å². The van der Waals surface area contributed by atoms with Crippen LogP contribution in [-0.4, -0.2) is 28.2 Å². The summed E-state index contributed by atoms with van der Waals surface area (Å²) in [6, 6.07) is 5.46. The lowest BCUT2D eigenvalue weighted by molar-refractivity contribution is 0.0954. The zero-order chi connectivity index (χ0) is 13.0. The molecule has 0 aliphatic heterocycles. The number of rotatable bonds is 4. The average molecular weight is 318 g/mol. The molecular weight excluding hydrogens is 302 g/mol. The first kappa shape index (κ1) is 14.4. The van der Waals surface area contributed by atoms with E-state index in [0.717, 1.165) is 10.0 Å². The van der Waals surface area contributed by atoms with Gasteiger partial charge in [-0.2, -0.15) is 0 Å². The molecule has 0 saturated carbocycles. The Balaban J connectivity index is 2.64. The predicted octanol–water partition coefficient (Wildman–Crippen LogP) is 2.25. The summed E-state index contributed by atoms with van der Waals surface area (Å²) in [7, 11) is -0.915. The van der Waals surface area contributed by atoms with Crippen LogP contribution in [0.3, 0.4) is 0 Å². The van der Waals surface area contributed by atoms with Crippen LogP contribution in [0.5, 0.6) is 0 Å². The van der Waals surface area contributed by atoms with Crippen LogP contribution in [0, 0.1) is 6.92 Å². The van der Waals surface area contributed by atoms with Gasteiger partial charge in [-0.1, -0.05) is 22.0 Å². The van der Waals surface area contributed by atoms with Gasteiger partial charge in [-0.3, -0.25) is 9.00 Å². The second kappa shape index (κ2) is 6.31. The van der Waals surface area contributed by atoms with Gasteiger partial charge in [0.25, 0.3) is 5.91 Å². The minimum Gasteiger partial charge on any atom is -0.351 e. The van der Waals surface area contributed by atoms with E-state index in [-0.39, 0.29) is 11.2 Å². The zero-order valence-electron chi connectivity index (χ0n) is 10.1. The Kier molecular flexibility index (Phi) is 5.33. The third-order valence-electron chi connectivity index (χ3n) is 2.55. The van der Waals surface area contributed by atoms with E-state index >= 15 is 0 Å². The first-order valence-electron chi connectivity index (χ1n) is 5.28. The van der Waals surface area contributed by atoms with E-state index in [2.05, 4.69) is 21.2 Å². The first-order valence-corrected chi connectivity index (χ1v) is 7.70. The molecule has 1 rings (SSSR count). The van der Waals surface area contributed by atoms with Crippen LogP contribution < -0.4 is 5.32 Å². The summed E-state index contributed by atoms with van der Waals surface area (Å²) in [5, 5.41) is 2.74. The van der Waals surface area contributed by atoms with Crippen molar-refractivity contribution in [1.82, 2.24) is 5.32 Å². The fourth-order valence-corrected chi connectivity index (χ4v) is 1.89. The molecule has 0 aliphatic carbocycles. The van der Waals surface area contributed by atoms with E-state index in [9.17, 15) is 9.00 Å². The lowest BCUT2D eigenvalue weighted by Gasteiger charge is -2.10. The van der Waals surface area contributed by atoms with E-state index in [1.54, 1.807) is 18.4 Å². The van der Waals surface area contributed by atoms with Crippen molar-refractivity contribution in [1.29, 1.82) is 0 Å². The fraction of sp³-hybridized carbons (Fsp3) is 0.417. The van der Waals surface area contributed by atoms with Crippen LogP contribution >= 0.6 is 15.9 Å². The Labute approximate surface area is 113 Å². The number of hydrogen-bond donors (Lipinski definition) is 1. The summed E-state index contributed by atoms with van der Waals surface area (Å²) >= 11 is 3.39. The Morgan fingerprint density at radius 1 is 1.53 bits per heavy atom. The molecule has 0 saturated heterocycles. The summed E-state index contributed by atoms with van der Waals surface area (Å²) in [4.78, 5) is 11.8. The molecule has 17 heavy (non-hydrogen) atoms. The Morgan fingerprint density at radius 2 is 2.18 bits per heavy atom. The number of carbonyl (C=O) groups excluding carboxylic acids is 1. The second-order valence-corrected chi connectivity index (χ2v) is 6.64. The van der Waals surface area contributed by atoms with Crippen LogP contribution in [0.15, 0.2) is 22.7 Å². The molecule has 0 radical (unpaired) electrons. The summed E-state index contributed by atoms with van der Waals surface area (Å²) in [6.07, 6.45) is 1.64. The molecular formula is C12H16BrNO2S. The monoisotopic (exact) mass is 317 g/mol. The molecule has 0 aliphatic rings. The molecule has 1 aromatic carbocycles. The normalized spacial score (nSPS) is 14.1. The van der Waals surface area contributed by atoms with Crippen molar-refractivity contribution in [2.75, 3.05) is 12.8 Å². The van der Waals surface area contributed by atoms with E-state index in [4.69, 9.17) is 0 Å². The van der Waals surface area contributed by atoms with Crippen molar-refractivity contribution in [3.8, 4) is 0 Å². The third-order valence-corrected chi connectivity index (χ3v) is 4.71. The van der Waals surface area contributed by atoms with E-state index < -0.39 is 10.8 Å². The zero-order valence-corrected chi connectivity index (χ0v) is 12.5. The van der Waals surface area contributed by atoms with Gasteiger partial charge in [0.15, 0.2) is 0 Å². The highest BCUT2D eigenvalue weighted by Crippen LogP contribution is 2.17. The number of aryl methyl sites for hydroxylation is 1. The lowest BCUT2D eigenvalue weighted by Crippen LogP contribution is -2.32. The molecule has 3 nitrogen and oxygen atoms in total. The molecule has 1 amide bonds. The maximum atomic E-state index is 11.8. The molecule has 0 bridgehead atoms. The van der Waals surface area contributed by atoms with Crippen LogP contribution in [0.25, 0.3) is 0 Å². The maximum absolute atomic E-state index is 11.8. The Hall–Kier alpha value is -0.680. The number of hydrogen-bond acceptors (Lipinski definition) is 2. The van der Waals surface area contributed by atoms with Crippen LogP contribution in [0.4, 0.5) is 0 Å². The molecule has 0 heterocycles. The predicted molar refractivity (Wildman–Crippen MR) is 74.7 cm³/mol. The minimum absolute atomic E-state index is 0.0344. The van der Waals surface area contributed by atoms with Gasteiger partial charge in [0.05, 0.1) is 0 Å². The number of amides is 1. The fourth-order valence-electron chi connectivity index (χ4n) is 1.19. The Morgan fingerprint density at radius 3 is 2.71 bits per heavy atom. The number of carbonyl (C=O) groups is 1. The van der Waals surface area contributed by atoms with Crippen LogP contribution in [-0.2, 0) is 10.8 Å². The number of nitrogens with one attached hydrogen (secondary N) is 1. The van der Waals surface area contributed by atoms with Crippen molar-refractivity contribution in [3.05, 3.63) is 33.8 Å². The van der Waals surface area contributed by atoms with Crippen molar-refractivity contribution < 1.29 is 9.00 Å². The average Bonchev–Trinajstić information content (AvgIpc) is 2.28. The van der Waals surface area contributed by atoms with Gasteiger partial charge in [-0.25, -0.2) is 0 Å². The van der Waals surface area contributed by atoms with Crippen LogP contribution in [0.2, 0.25) is 0 Å². The highest BCUT2D eigenvalue weighted by molar-refractivity contribution is 9.10. The van der Waals surface area contributed by atoms with Gasteiger partial charge >= 0.3 is 0 Å². The molecule has 5 heteroatoms. The SMILES string of the molecule is Cc1ccc(C(=O)NCC(C)S(C)=O)cc1Br. The molecule has 0 spiro atoms. The lowest BCUT2D eigenvalue weighted by atomic mass is 10.1. The van der Waals surface area contributed by atoms with Gasteiger partial charge in [-0.05, 0) is 31.5 Å². The van der Waals surface area contributed by atoms with Crippen molar-refractivity contribution >= 4 is 32.6 Å².